The van der Waals surface area contributed by atoms with Crippen LogP contribution in [-0.4, -0.2) is 75.3 Å². The summed E-state index contributed by atoms with van der Waals surface area (Å²) in [5.41, 5.74) is -0.104. The Bertz CT molecular complexity index is 1250. The molecule has 5 rings (SSSR count). The van der Waals surface area contributed by atoms with Crippen LogP contribution in [0.1, 0.15) is 12.7 Å². The van der Waals surface area contributed by atoms with Crippen LogP contribution in [0.2, 0.25) is 0 Å². The molecule has 1 saturated heterocycles. The first-order valence-corrected chi connectivity index (χ1v) is 10.8. The monoisotopic (exact) mass is 494 g/mol. The highest BCUT2D eigenvalue weighted by Gasteiger charge is 2.41. The highest BCUT2D eigenvalue weighted by molar-refractivity contribution is 5.87. The minimum absolute atomic E-state index is 0.229. The van der Waals surface area contributed by atoms with Gasteiger partial charge in [-0.25, -0.2) is 0 Å². The molecule has 0 radical (unpaired) electrons. The highest BCUT2D eigenvalue weighted by atomic mass is 19.4. The van der Waals surface area contributed by atoms with Gasteiger partial charge < -0.3 is 24.0 Å². The van der Waals surface area contributed by atoms with Crippen LogP contribution in [0.25, 0.3) is 11.0 Å². The van der Waals surface area contributed by atoms with Crippen LogP contribution < -0.4 is 9.47 Å². The van der Waals surface area contributed by atoms with Crippen LogP contribution in [0.4, 0.5) is 19.0 Å². The smallest absolute Gasteiger partial charge is 0.455 e. The van der Waals surface area contributed by atoms with E-state index in [0.29, 0.717) is 42.9 Å². The van der Waals surface area contributed by atoms with E-state index in [2.05, 4.69) is 19.7 Å². The molecule has 3 aromatic rings. The molecular formula is C21H21F3N6O5. The van der Waals surface area contributed by atoms with Crippen LogP contribution in [-0.2, 0) is 6.54 Å². The molecular weight excluding hydrogens is 473 g/mol. The number of hydrazone groups is 1. The Morgan fingerprint density at radius 1 is 1.29 bits per heavy atom. The maximum Gasteiger partial charge on any atom is 0.573 e. The second-order valence-corrected chi connectivity index (χ2v) is 8.69. The van der Waals surface area contributed by atoms with Crippen molar-refractivity contribution in [1.82, 2.24) is 19.5 Å². The van der Waals surface area contributed by atoms with E-state index < -0.39 is 16.9 Å². The zero-order valence-electron chi connectivity index (χ0n) is 18.6. The van der Waals surface area contributed by atoms with Crippen LogP contribution in [0.3, 0.4) is 0 Å². The number of halogens is 3. The molecule has 0 unspecified atom stereocenters. The van der Waals surface area contributed by atoms with Crippen molar-refractivity contribution in [1.29, 1.82) is 0 Å². The average molecular weight is 494 g/mol. The lowest BCUT2D eigenvalue weighted by atomic mass is 10.1. The van der Waals surface area contributed by atoms with Crippen molar-refractivity contribution >= 4 is 23.0 Å². The lowest BCUT2D eigenvalue weighted by Crippen LogP contribution is -2.51. The fraction of sp³-hybridized carbons (Fsp3) is 0.429. The number of alkyl halides is 3. The first-order valence-electron chi connectivity index (χ1n) is 10.8. The molecule has 1 aromatic carbocycles. The Hall–Kier alpha value is -3.81. The maximum atomic E-state index is 12.4. The first-order chi connectivity index (χ1) is 16.6. The maximum absolute atomic E-state index is 12.4. The summed E-state index contributed by atoms with van der Waals surface area (Å²) >= 11 is 0. The Labute approximate surface area is 196 Å². The number of piperazine rings is 1. The number of hydrogen-bond acceptors (Lipinski definition) is 9. The molecule has 4 heterocycles. The van der Waals surface area contributed by atoms with Gasteiger partial charge in [-0.1, -0.05) is 0 Å². The number of rotatable bonds is 6. The Kier molecular flexibility index (Phi) is 5.54. The molecule has 2 aliphatic heterocycles. The molecule has 0 N–H and O–H groups in total. The number of imidazole rings is 1. The standard InChI is InChI=1S/C21H21F3N6O5/c1-20(13-28-11-18(30(31)32)26-19(28)35-20)12-27-4-6-29(7-5-27)25-10-16-9-14-8-15(34-21(22,23)24)2-3-17(14)33-16/h2-3,8-11H,4-7,12-13H2,1H3/b25-10+/t20-/m1/s1. The number of nitro groups is 1. The largest absolute Gasteiger partial charge is 0.573 e. The van der Waals surface area contributed by atoms with Crippen molar-refractivity contribution < 1.29 is 32.0 Å². The molecule has 186 valence electrons. The average Bonchev–Trinajstić information content (AvgIpc) is 3.42. The summed E-state index contributed by atoms with van der Waals surface area (Å²) in [7, 11) is 0. The second-order valence-electron chi connectivity index (χ2n) is 8.69. The number of aromatic nitrogens is 2. The second kappa shape index (κ2) is 8.45. The number of ether oxygens (including phenoxy) is 2. The number of nitrogens with zero attached hydrogens (tertiary/aromatic N) is 6. The number of benzene rings is 1. The van der Waals surface area contributed by atoms with Crippen molar-refractivity contribution in [3.05, 3.63) is 46.3 Å². The van der Waals surface area contributed by atoms with Gasteiger partial charge in [-0.15, -0.1) is 13.2 Å². The van der Waals surface area contributed by atoms with Crippen molar-refractivity contribution in [3.63, 3.8) is 0 Å². The summed E-state index contributed by atoms with van der Waals surface area (Å²) in [6.07, 6.45) is -1.84. The van der Waals surface area contributed by atoms with E-state index in [1.54, 1.807) is 10.6 Å². The van der Waals surface area contributed by atoms with E-state index in [-0.39, 0.29) is 17.6 Å². The van der Waals surface area contributed by atoms with Crippen LogP contribution in [0.15, 0.2) is 40.0 Å². The Morgan fingerprint density at radius 2 is 2.06 bits per heavy atom. The zero-order chi connectivity index (χ0) is 24.8. The minimum Gasteiger partial charge on any atom is -0.455 e. The fourth-order valence-corrected chi connectivity index (χ4v) is 4.29. The number of fused-ring (bicyclic) bond motifs is 2. The molecule has 0 bridgehead atoms. The third kappa shape index (κ3) is 5.16. The number of hydrogen-bond donors (Lipinski definition) is 0. The van der Waals surface area contributed by atoms with Gasteiger partial charge in [0.05, 0.1) is 12.8 Å². The zero-order valence-corrected chi connectivity index (χ0v) is 18.6. The van der Waals surface area contributed by atoms with Gasteiger partial charge >= 0.3 is 18.2 Å². The summed E-state index contributed by atoms with van der Waals surface area (Å²) < 4.78 is 54.4. The quantitative estimate of drug-likeness (QED) is 0.292. The van der Waals surface area contributed by atoms with Crippen molar-refractivity contribution in [2.45, 2.75) is 25.4 Å². The molecule has 2 aromatic heterocycles. The van der Waals surface area contributed by atoms with Gasteiger partial charge in [0.25, 0.3) is 0 Å². The predicted molar refractivity (Wildman–Crippen MR) is 116 cm³/mol. The van der Waals surface area contributed by atoms with Crippen LogP contribution >= 0.6 is 0 Å². The molecule has 11 nitrogen and oxygen atoms in total. The lowest BCUT2D eigenvalue weighted by Gasteiger charge is -2.36. The summed E-state index contributed by atoms with van der Waals surface area (Å²) in [6.45, 7) is 5.84. The summed E-state index contributed by atoms with van der Waals surface area (Å²) in [5, 5.41) is 17.7. The summed E-state index contributed by atoms with van der Waals surface area (Å²) in [5.74, 6) is -0.123. The van der Waals surface area contributed by atoms with Gasteiger partial charge in [-0.3, -0.25) is 14.5 Å². The van der Waals surface area contributed by atoms with Gasteiger partial charge in [-0.05, 0) is 36.1 Å². The van der Waals surface area contributed by atoms with Crippen LogP contribution in [0, 0.1) is 10.1 Å². The fourth-order valence-electron chi connectivity index (χ4n) is 4.29. The Morgan fingerprint density at radius 3 is 2.74 bits per heavy atom. The van der Waals surface area contributed by atoms with Crippen LogP contribution in [0.5, 0.6) is 11.8 Å². The van der Waals surface area contributed by atoms with E-state index >= 15 is 0 Å². The van der Waals surface area contributed by atoms with E-state index in [0.717, 1.165) is 13.1 Å². The molecule has 0 saturated carbocycles. The van der Waals surface area contributed by atoms with E-state index in [1.807, 2.05) is 11.9 Å². The Balaban J connectivity index is 1.14. The molecule has 0 amide bonds. The molecule has 35 heavy (non-hydrogen) atoms. The van der Waals surface area contributed by atoms with Crippen molar-refractivity contribution in [2.24, 2.45) is 5.10 Å². The molecule has 1 atom stereocenters. The molecule has 14 heteroatoms. The SMILES string of the molecule is C[C@@]1(CN2CCN(/N=C/c3cc4cc(OC(F)(F)F)ccc4o3)CC2)Cn2cc([N+](=O)[O-])nc2O1. The molecule has 2 aliphatic rings. The van der Waals surface area contributed by atoms with Gasteiger partial charge in [-0.2, -0.15) is 5.10 Å². The minimum atomic E-state index is -4.76. The van der Waals surface area contributed by atoms with E-state index in [9.17, 15) is 23.3 Å². The first kappa shape index (κ1) is 23.0. The molecule has 0 spiro atoms. The van der Waals surface area contributed by atoms with Crippen molar-refractivity contribution in [3.8, 4) is 11.8 Å². The molecule has 0 aliphatic carbocycles. The number of furan rings is 1. The molecule has 1 fully saturated rings. The topological polar surface area (TPSA) is 111 Å². The lowest BCUT2D eigenvalue weighted by molar-refractivity contribution is -0.389. The third-order valence-electron chi connectivity index (χ3n) is 5.75. The van der Waals surface area contributed by atoms with Gasteiger partial charge in [0.15, 0.2) is 0 Å². The normalized spacial score (nSPS) is 21.0. The predicted octanol–water partition coefficient (Wildman–Crippen LogP) is 3.24. The van der Waals surface area contributed by atoms with Crippen molar-refractivity contribution in [2.75, 3.05) is 32.7 Å². The third-order valence-corrected chi connectivity index (χ3v) is 5.75. The van der Waals surface area contributed by atoms with Gasteiger partial charge in [0.2, 0.25) is 0 Å². The van der Waals surface area contributed by atoms with Gasteiger partial charge in [0.1, 0.15) is 28.9 Å². The summed E-state index contributed by atoms with van der Waals surface area (Å²) in [6, 6.07) is 5.73. The highest BCUT2D eigenvalue weighted by Crippen LogP contribution is 2.32. The van der Waals surface area contributed by atoms with Gasteiger partial charge in [0, 0.05) is 43.1 Å². The van der Waals surface area contributed by atoms with E-state index in [1.165, 1.54) is 30.6 Å². The van der Waals surface area contributed by atoms with E-state index in [4.69, 9.17) is 9.15 Å². The summed E-state index contributed by atoms with van der Waals surface area (Å²) in [4.78, 5) is 16.5.